The minimum Gasteiger partial charge on any atom is -0.399 e. The Hall–Kier alpha value is -0.705. The van der Waals surface area contributed by atoms with Crippen LogP contribution in [0.1, 0.15) is 54.0 Å². The number of anilines is 1. The second-order valence-electron chi connectivity index (χ2n) is 8.87. The van der Waals surface area contributed by atoms with Crippen LogP contribution in [-0.4, -0.2) is 30.9 Å². The topological polar surface area (TPSA) is 21.7 Å². The van der Waals surface area contributed by atoms with E-state index in [0.29, 0.717) is 5.92 Å². The van der Waals surface area contributed by atoms with Crippen LogP contribution in [0.15, 0.2) is 12.1 Å². The van der Waals surface area contributed by atoms with Gasteiger partial charge < -0.3 is 14.2 Å². The minimum absolute atomic E-state index is 0.113. The highest BCUT2D eigenvalue weighted by atomic mass is 35.5. The Morgan fingerprint density at radius 2 is 1.62 bits per heavy atom. The van der Waals surface area contributed by atoms with Crippen LogP contribution in [0.4, 0.5) is 5.69 Å². The number of hydrogen-bond acceptors (Lipinski definition) is 3. The predicted octanol–water partition coefficient (Wildman–Crippen LogP) is 4.05. The van der Waals surface area contributed by atoms with Gasteiger partial charge in [0.05, 0.1) is 11.2 Å². The molecule has 1 unspecified atom stereocenters. The summed E-state index contributed by atoms with van der Waals surface area (Å²) in [6.07, 6.45) is 0.971. The van der Waals surface area contributed by atoms with Gasteiger partial charge in [-0.1, -0.05) is 24.6 Å². The fourth-order valence-corrected chi connectivity index (χ4v) is 3.81. The smallest absolute Gasteiger partial charge is 0.399 e. The van der Waals surface area contributed by atoms with Crippen LogP contribution < -0.4 is 10.4 Å². The van der Waals surface area contributed by atoms with Crippen LogP contribution in [0.3, 0.4) is 0 Å². The van der Waals surface area contributed by atoms with E-state index < -0.39 is 7.12 Å². The largest absolute Gasteiger partial charge is 0.496 e. The number of nitrogens with zero attached hydrogens (tertiary/aromatic N) is 1. The van der Waals surface area contributed by atoms with Crippen LogP contribution in [0.2, 0.25) is 5.02 Å². The third-order valence-electron chi connectivity index (χ3n) is 6.70. The monoisotopic (exact) mass is 349 g/mol. The van der Waals surface area contributed by atoms with Crippen molar-refractivity contribution in [1.29, 1.82) is 0 Å². The van der Waals surface area contributed by atoms with Crippen molar-refractivity contribution >= 4 is 29.9 Å². The van der Waals surface area contributed by atoms with Crippen molar-refractivity contribution in [3.8, 4) is 0 Å². The van der Waals surface area contributed by atoms with Crippen molar-refractivity contribution in [3.05, 3.63) is 22.7 Å². The average Bonchev–Trinajstić information content (AvgIpc) is 2.66. The summed E-state index contributed by atoms with van der Waals surface area (Å²) in [5, 5.41) is 0.792. The molecule has 5 heteroatoms. The first kappa shape index (κ1) is 18.1. The molecule has 24 heavy (non-hydrogen) atoms. The van der Waals surface area contributed by atoms with E-state index in [-0.39, 0.29) is 16.7 Å². The van der Waals surface area contributed by atoms with E-state index in [2.05, 4.69) is 72.5 Å². The number of halogens is 1. The Labute approximate surface area is 151 Å². The molecule has 0 N–H and O–H groups in total. The van der Waals surface area contributed by atoms with Crippen molar-refractivity contribution in [3.63, 3.8) is 0 Å². The number of hydrogen-bond donors (Lipinski definition) is 0. The molecule has 1 aromatic rings. The lowest BCUT2D eigenvalue weighted by atomic mass is 9.73. The van der Waals surface area contributed by atoms with Gasteiger partial charge in [0.15, 0.2) is 0 Å². The fourth-order valence-electron chi connectivity index (χ4n) is 3.49. The summed E-state index contributed by atoms with van der Waals surface area (Å²) in [6, 6.07) is 4.22. The molecule has 2 heterocycles. The Kier molecular flexibility index (Phi) is 4.07. The molecule has 1 saturated heterocycles. The SMILES string of the molecule is CC1Cc2c(ccc(B3OC(C)(C)C(C)(C)O3)c2Cl)N(C)C1(C)C. The van der Waals surface area contributed by atoms with Gasteiger partial charge in [0.25, 0.3) is 0 Å². The molecule has 1 aromatic carbocycles. The van der Waals surface area contributed by atoms with Crippen LogP contribution in [0, 0.1) is 5.92 Å². The van der Waals surface area contributed by atoms with E-state index in [1.165, 1.54) is 11.3 Å². The third-order valence-corrected chi connectivity index (χ3v) is 7.14. The van der Waals surface area contributed by atoms with Gasteiger partial charge in [0.2, 0.25) is 0 Å². The lowest BCUT2D eigenvalue weighted by Gasteiger charge is -2.47. The molecule has 0 bridgehead atoms. The second kappa shape index (κ2) is 5.39. The lowest BCUT2D eigenvalue weighted by molar-refractivity contribution is 0.00578. The van der Waals surface area contributed by atoms with Gasteiger partial charge in [-0.15, -0.1) is 0 Å². The fraction of sp³-hybridized carbons (Fsp3) is 0.684. The van der Waals surface area contributed by atoms with Crippen LogP contribution >= 0.6 is 11.6 Å². The minimum atomic E-state index is -0.414. The molecule has 0 aliphatic carbocycles. The standard InChI is InChI=1S/C19H29BClNO2/c1-12-11-13-15(22(8)17(12,2)3)10-9-14(16(13)21)20-23-18(4,5)19(6,7)24-20/h9-10,12H,11H2,1-8H3. The number of rotatable bonds is 1. The predicted molar refractivity (Wildman–Crippen MR) is 103 cm³/mol. The molecular formula is C19H29BClNO2. The quantitative estimate of drug-likeness (QED) is 0.714. The Balaban J connectivity index is 2.02. The van der Waals surface area contributed by atoms with Gasteiger partial charge in [-0.3, -0.25) is 0 Å². The van der Waals surface area contributed by atoms with Gasteiger partial charge in [-0.2, -0.15) is 0 Å². The van der Waals surface area contributed by atoms with Crippen LogP contribution in [0.25, 0.3) is 0 Å². The molecular weight excluding hydrogens is 320 g/mol. The third kappa shape index (κ3) is 2.49. The number of benzene rings is 1. The molecule has 0 spiro atoms. The lowest BCUT2D eigenvalue weighted by Crippen LogP contribution is -2.51. The van der Waals surface area contributed by atoms with Gasteiger partial charge in [0, 0.05) is 28.8 Å². The summed E-state index contributed by atoms with van der Waals surface area (Å²) >= 11 is 6.83. The van der Waals surface area contributed by atoms with Crippen molar-refractivity contribution in [2.45, 2.75) is 71.6 Å². The average molecular weight is 350 g/mol. The maximum atomic E-state index is 6.83. The Morgan fingerprint density at radius 1 is 1.08 bits per heavy atom. The highest BCUT2D eigenvalue weighted by Crippen LogP contribution is 2.42. The molecule has 0 saturated carbocycles. The molecule has 0 aromatic heterocycles. The summed E-state index contributed by atoms with van der Waals surface area (Å²) in [5.41, 5.74) is 2.75. The summed E-state index contributed by atoms with van der Waals surface area (Å²) in [5.74, 6) is 0.515. The zero-order chi connectivity index (χ0) is 18.1. The van der Waals surface area contributed by atoms with E-state index in [1.54, 1.807) is 0 Å². The molecule has 1 fully saturated rings. The first-order valence-corrected chi connectivity index (χ1v) is 9.17. The zero-order valence-corrected chi connectivity index (χ0v) is 16.9. The van der Waals surface area contributed by atoms with E-state index in [4.69, 9.17) is 20.9 Å². The zero-order valence-electron chi connectivity index (χ0n) is 16.2. The maximum Gasteiger partial charge on any atom is 0.496 e. The Morgan fingerprint density at radius 3 is 2.17 bits per heavy atom. The van der Waals surface area contributed by atoms with Crippen LogP contribution in [-0.2, 0) is 15.7 Å². The van der Waals surface area contributed by atoms with Gasteiger partial charge >= 0.3 is 7.12 Å². The van der Waals surface area contributed by atoms with Gasteiger partial charge in [-0.25, -0.2) is 0 Å². The van der Waals surface area contributed by atoms with Crippen molar-refractivity contribution < 1.29 is 9.31 Å². The molecule has 0 radical (unpaired) electrons. The maximum absolute atomic E-state index is 6.83. The summed E-state index contributed by atoms with van der Waals surface area (Å²) in [6.45, 7) is 15.1. The molecule has 132 valence electrons. The summed E-state index contributed by atoms with van der Waals surface area (Å²) in [7, 11) is 1.74. The summed E-state index contributed by atoms with van der Waals surface area (Å²) < 4.78 is 12.4. The second-order valence-corrected chi connectivity index (χ2v) is 9.25. The normalized spacial score (nSPS) is 27.3. The van der Waals surface area contributed by atoms with E-state index in [9.17, 15) is 0 Å². The molecule has 2 aliphatic heterocycles. The highest BCUT2D eigenvalue weighted by Gasteiger charge is 2.52. The first-order chi connectivity index (χ1) is 10.9. The van der Waals surface area contributed by atoms with E-state index >= 15 is 0 Å². The first-order valence-electron chi connectivity index (χ1n) is 8.79. The molecule has 3 nitrogen and oxygen atoms in total. The van der Waals surface area contributed by atoms with Crippen LogP contribution in [0.5, 0.6) is 0 Å². The van der Waals surface area contributed by atoms with Crippen molar-refractivity contribution in [1.82, 2.24) is 0 Å². The molecule has 0 amide bonds. The van der Waals surface area contributed by atoms with E-state index in [0.717, 1.165) is 16.9 Å². The van der Waals surface area contributed by atoms with Gasteiger partial charge in [0.1, 0.15) is 0 Å². The molecule has 3 rings (SSSR count). The van der Waals surface area contributed by atoms with Gasteiger partial charge in [-0.05, 0) is 65.5 Å². The summed E-state index contributed by atoms with van der Waals surface area (Å²) in [4.78, 5) is 2.34. The van der Waals surface area contributed by atoms with E-state index in [1.807, 2.05) is 0 Å². The molecule has 1 atom stereocenters. The Bertz CT molecular complexity index is 656. The number of fused-ring (bicyclic) bond motifs is 1. The molecule has 2 aliphatic rings. The highest BCUT2D eigenvalue weighted by molar-refractivity contribution is 6.65. The van der Waals surface area contributed by atoms with Crippen molar-refractivity contribution in [2.75, 3.05) is 11.9 Å². The van der Waals surface area contributed by atoms with Crippen molar-refractivity contribution in [2.24, 2.45) is 5.92 Å².